The second kappa shape index (κ2) is 13.4. The summed E-state index contributed by atoms with van der Waals surface area (Å²) >= 11 is 0. The second-order valence-electron chi connectivity index (χ2n) is 9.61. The van der Waals surface area contributed by atoms with E-state index in [0.29, 0.717) is 26.1 Å². The minimum Gasteiger partial charge on any atom is -0.351 e. The Kier molecular flexibility index (Phi) is 9.68. The molecule has 0 radical (unpaired) electrons. The predicted molar refractivity (Wildman–Crippen MR) is 152 cm³/mol. The van der Waals surface area contributed by atoms with Gasteiger partial charge in [-0.05, 0) is 48.1 Å². The second-order valence-corrected chi connectivity index (χ2v) is 11.5. The van der Waals surface area contributed by atoms with Crippen molar-refractivity contribution in [1.29, 1.82) is 0 Å². The monoisotopic (exact) mass is 545 g/mol. The van der Waals surface area contributed by atoms with Crippen molar-refractivity contribution in [3.63, 3.8) is 0 Å². The zero-order chi connectivity index (χ0) is 27.7. The van der Waals surface area contributed by atoms with Gasteiger partial charge >= 0.3 is 0 Å². The smallest absolute Gasteiger partial charge is 0.247 e. The third-order valence-electron chi connectivity index (χ3n) is 6.87. The van der Waals surface area contributed by atoms with Gasteiger partial charge in [0.25, 0.3) is 0 Å². The summed E-state index contributed by atoms with van der Waals surface area (Å²) in [7, 11) is -3.49. The maximum Gasteiger partial charge on any atom is 0.247 e. The lowest BCUT2D eigenvalue weighted by Crippen LogP contribution is -2.43. The first-order valence-electron chi connectivity index (χ1n) is 13.3. The molecule has 7 nitrogen and oxygen atoms in total. The third kappa shape index (κ3) is 7.22. The van der Waals surface area contributed by atoms with Gasteiger partial charge in [-0.25, -0.2) is 8.42 Å². The lowest BCUT2D eigenvalue weighted by Gasteiger charge is -2.31. The molecule has 1 aliphatic heterocycles. The van der Waals surface area contributed by atoms with Crippen molar-refractivity contribution in [1.82, 2.24) is 14.5 Å². The van der Waals surface area contributed by atoms with Gasteiger partial charge in [-0.15, -0.1) is 6.58 Å². The van der Waals surface area contributed by atoms with Crippen LogP contribution in [0.1, 0.15) is 42.0 Å². The van der Waals surface area contributed by atoms with Crippen LogP contribution in [0.3, 0.4) is 0 Å². The number of carbonyl (C=O) groups excluding carboxylic acids is 2. The molecular weight excluding hydrogens is 510 g/mol. The highest BCUT2D eigenvalue weighted by atomic mass is 32.2. The Morgan fingerprint density at radius 1 is 0.897 bits per heavy atom. The van der Waals surface area contributed by atoms with Gasteiger partial charge in [0.05, 0.1) is 4.90 Å². The average molecular weight is 546 g/mol. The van der Waals surface area contributed by atoms with Crippen molar-refractivity contribution in [2.75, 3.05) is 19.6 Å². The molecule has 4 rings (SSSR count). The van der Waals surface area contributed by atoms with E-state index in [2.05, 4.69) is 11.9 Å². The van der Waals surface area contributed by atoms with Crippen LogP contribution < -0.4 is 5.32 Å². The predicted octanol–water partition coefficient (Wildman–Crippen LogP) is 4.48. The van der Waals surface area contributed by atoms with E-state index in [0.717, 1.165) is 29.5 Å². The van der Waals surface area contributed by atoms with E-state index in [1.807, 2.05) is 60.7 Å². The lowest BCUT2D eigenvalue weighted by molar-refractivity contribution is -0.141. The Morgan fingerprint density at radius 3 is 2.13 bits per heavy atom. The van der Waals surface area contributed by atoms with Gasteiger partial charge in [0.2, 0.25) is 21.8 Å². The quantitative estimate of drug-likeness (QED) is 0.340. The fraction of sp³-hybridized carbons (Fsp3) is 0.290. The number of hydrogen-bond acceptors (Lipinski definition) is 4. The molecular formula is C31H35N3O4S. The summed E-state index contributed by atoms with van der Waals surface area (Å²) in [6.07, 6.45) is 3.97. The molecule has 0 bridgehead atoms. The first-order chi connectivity index (χ1) is 18.9. The number of sulfonamides is 1. The molecule has 3 aromatic rings. The topological polar surface area (TPSA) is 86.8 Å². The maximum atomic E-state index is 13.7. The molecule has 3 aromatic carbocycles. The molecule has 0 spiro atoms. The summed E-state index contributed by atoms with van der Waals surface area (Å²) in [5, 5.41) is 2.86. The summed E-state index contributed by atoms with van der Waals surface area (Å²) in [5.41, 5.74) is 2.50. The van der Waals surface area contributed by atoms with Crippen molar-refractivity contribution < 1.29 is 18.0 Å². The zero-order valence-electron chi connectivity index (χ0n) is 22.0. The number of aryl methyl sites for hydroxylation is 1. The average Bonchev–Trinajstić information content (AvgIpc) is 3.52. The van der Waals surface area contributed by atoms with E-state index in [1.165, 1.54) is 4.31 Å². The van der Waals surface area contributed by atoms with Crippen molar-refractivity contribution in [3.05, 3.63) is 114 Å². The van der Waals surface area contributed by atoms with E-state index in [9.17, 15) is 18.0 Å². The number of amides is 2. The Labute approximate surface area is 231 Å². The molecule has 1 aliphatic rings. The largest absolute Gasteiger partial charge is 0.351 e. The van der Waals surface area contributed by atoms with Gasteiger partial charge in [0.1, 0.15) is 6.04 Å². The molecule has 39 heavy (non-hydrogen) atoms. The number of hydrogen-bond donors (Lipinski definition) is 1. The maximum absolute atomic E-state index is 13.7. The number of nitrogens with zero attached hydrogens (tertiary/aromatic N) is 2. The van der Waals surface area contributed by atoms with Gasteiger partial charge in [-0.2, -0.15) is 4.31 Å². The van der Waals surface area contributed by atoms with Gasteiger partial charge in [-0.1, -0.05) is 78.9 Å². The van der Waals surface area contributed by atoms with Crippen LogP contribution in [0.15, 0.2) is 102 Å². The van der Waals surface area contributed by atoms with Gasteiger partial charge < -0.3 is 10.2 Å². The number of carbonyl (C=O) groups is 2. The van der Waals surface area contributed by atoms with Crippen molar-refractivity contribution >= 4 is 21.8 Å². The molecule has 1 heterocycles. The first-order valence-corrected chi connectivity index (χ1v) is 14.7. The van der Waals surface area contributed by atoms with Crippen LogP contribution in [0.25, 0.3) is 0 Å². The molecule has 0 unspecified atom stereocenters. The van der Waals surface area contributed by atoms with Crippen molar-refractivity contribution in [3.8, 4) is 0 Å². The standard InChI is InChI=1S/C31H35N3O4S/c1-2-21-32-31(36)30(27-13-7-4-8-14-27)34(24-26-11-5-3-6-12-26)29(35)20-17-25-15-18-28(19-16-25)39(37,38)33-22-9-10-23-33/h2-8,11-16,18-19,30H,1,9-10,17,20-24H2,(H,32,36)/t30-/m0/s1. The normalized spacial score (nSPS) is 14.5. The summed E-state index contributed by atoms with van der Waals surface area (Å²) in [4.78, 5) is 29.0. The van der Waals surface area contributed by atoms with E-state index in [4.69, 9.17) is 0 Å². The van der Waals surface area contributed by atoms with Gasteiger partial charge in [0.15, 0.2) is 0 Å². The van der Waals surface area contributed by atoms with Crippen LogP contribution in [0.2, 0.25) is 0 Å². The molecule has 0 aromatic heterocycles. The number of nitrogens with one attached hydrogen (secondary N) is 1. The van der Waals surface area contributed by atoms with Crippen LogP contribution in [0, 0.1) is 0 Å². The fourth-order valence-electron chi connectivity index (χ4n) is 4.78. The van der Waals surface area contributed by atoms with Gasteiger partial charge in [-0.3, -0.25) is 9.59 Å². The summed E-state index contributed by atoms with van der Waals surface area (Å²) in [5.74, 6) is -0.447. The highest BCUT2D eigenvalue weighted by Crippen LogP contribution is 2.26. The minimum absolute atomic E-state index is 0.170. The summed E-state index contributed by atoms with van der Waals surface area (Å²) in [6.45, 7) is 5.36. The van der Waals surface area contributed by atoms with E-state index in [1.54, 1.807) is 35.2 Å². The molecule has 204 valence electrons. The summed E-state index contributed by atoms with van der Waals surface area (Å²) < 4.78 is 27.2. The number of rotatable bonds is 12. The van der Waals surface area contributed by atoms with E-state index >= 15 is 0 Å². The van der Waals surface area contributed by atoms with Gasteiger partial charge in [0, 0.05) is 32.6 Å². The fourth-order valence-corrected chi connectivity index (χ4v) is 6.30. The van der Waals surface area contributed by atoms with Crippen molar-refractivity contribution in [2.24, 2.45) is 0 Å². The van der Waals surface area contributed by atoms with Crippen LogP contribution in [0.5, 0.6) is 0 Å². The van der Waals surface area contributed by atoms with Crippen LogP contribution in [-0.4, -0.2) is 49.1 Å². The molecule has 1 atom stereocenters. The Bertz CT molecular complexity index is 1350. The number of benzene rings is 3. The lowest BCUT2D eigenvalue weighted by atomic mass is 10.0. The minimum atomic E-state index is -3.49. The SMILES string of the molecule is C=CCNC(=O)[C@H](c1ccccc1)N(Cc1ccccc1)C(=O)CCc1ccc(S(=O)(=O)N2CCCC2)cc1. The molecule has 0 aliphatic carbocycles. The van der Waals surface area contributed by atoms with Crippen LogP contribution in [-0.2, 0) is 32.6 Å². The molecule has 2 amide bonds. The molecule has 1 N–H and O–H groups in total. The molecule has 8 heteroatoms. The Balaban J connectivity index is 1.54. The highest BCUT2D eigenvalue weighted by Gasteiger charge is 2.31. The van der Waals surface area contributed by atoms with Crippen LogP contribution >= 0.6 is 0 Å². The zero-order valence-corrected chi connectivity index (χ0v) is 22.9. The van der Waals surface area contributed by atoms with E-state index < -0.39 is 16.1 Å². The summed E-state index contributed by atoms with van der Waals surface area (Å²) in [6, 6.07) is 24.8. The highest BCUT2D eigenvalue weighted by molar-refractivity contribution is 7.89. The first kappa shape index (κ1) is 28.3. The molecule has 1 fully saturated rings. The molecule has 0 saturated carbocycles. The molecule has 1 saturated heterocycles. The Hall–Kier alpha value is -3.75. The Morgan fingerprint density at radius 2 is 1.51 bits per heavy atom. The van der Waals surface area contributed by atoms with E-state index in [-0.39, 0.29) is 29.7 Å². The van der Waals surface area contributed by atoms with Crippen molar-refractivity contribution in [2.45, 2.75) is 43.2 Å². The third-order valence-corrected chi connectivity index (χ3v) is 8.78. The van der Waals surface area contributed by atoms with Crippen LogP contribution in [0.4, 0.5) is 0 Å².